The zero-order valence-corrected chi connectivity index (χ0v) is 10.9. The van der Waals surface area contributed by atoms with Gasteiger partial charge in [-0.15, -0.1) is 0 Å². The van der Waals surface area contributed by atoms with Crippen LogP contribution in [-0.4, -0.2) is 26.4 Å². The molecule has 1 heterocycles. The lowest BCUT2D eigenvalue weighted by Gasteiger charge is -2.25. The van der Waals surface area contributed by atoms with E-state index in [1.165, 1.54) is 0 Å². The summed E-state index contributed by atoms with van der Waals surface area (Å²) in [6.45, 7) is 6.14. The largest absolute Gasteiger partial charge is 0.480 e. The van der Waals surface area contributed by atoms with Crippen LogP contribution in [0.5, 0.6) is 0 Å². The van der Waals surface area contributed by atoms with Crippen molar-refractivity contribution in [2.75, 3.05) is 0 Å². The molecule has 0 aliphatic carbocycles. The van der Waals surface area contributed by atoms with E-state index in [4.69, 9.17) is 0 Å². The van der Waals surface area contributed by atoms with Crippen molar-refractivity contribution in [3.05, 3.63) is 17.5 Å². The number of nitrogens with zero attached hydrogens (tertiary/aromatic N) is 2. The van der Waals surface area contributed by atoms with E-state index in [1.54, 1.807) is 11.6 Å². The molecule has 1 rings (SSSR count). The molecule has 5 nitrogen and oxygen atoms in total. The molecule has 2 N–H and O–H groups in total. The van der Waals surface area contributed by atoms with E-state index in [1.807, 2.05) is 27.0 Å². The number of hydrogen-bond donors (Lipinski definition) is 2. The number of carbonyl (C=O) groups is 1. The average Bonchev–Trinajstić information content (AvgIpc) is 2.54. The highest BCUT2D eigenvalue weighted by atomic mass is 16.4. The Morgan fingerprint density at radius 3 is 2.71 bits per heavy atom. The minimum atomic E-state index is -0.868. The highest BCUT2D eigenvalue weighted by molar-refractivity contribution is 5.78. The first kappa shape index (κ1) is 13.7. The van der Waals surface area contributed by atoms with Crippen molar-refractivity contribution in [3.63, 3.8) is 0 Å². The van der Waals surface area contributed by atoms with Crippen molar-refractivity contribution in [3.8, 4) is 0 Å². The first-order chi connectivity index (χ1) is 7.89. The number of aryl methyl sites for hydroxylation is 2. The van der Waals surface area contributed by atoms with Crippen molar-refractivity contribution >= 4 is 5.97 Å². The van der Waals surface area contributed by atoms with E-state index < -0.39 is 11.5 Å². The summed E-state index contributed by atoms with van der Waals surface area (Å²) in [5.41, 5.74) is 1.07. The molecule has 1 aromatic heterocycles. The monoisotopic (exact) mass is 239 g/mol. The van der Waals surface area contributed by atoms with Crippen LogP contribution < -0.4 is 5.32 Å². The van der Waals surface area contributed by atoms with E-state index in [0.717, 1.165) is 17.8 Å². The number of nitrogens with one attached hydrogen (secondary N) is 1. The van der Waals surface area contributed by atoms with Crippen LogP contribution >= 0.6 is 0 Å². The molecule has 1 unspecified atom stereocenters. The summed E-state index contributed by atoms with van der Waals surface area (Å²) in [6.07, 6.45) is 1.44. The van der Waals surface area contributed by atoms with Crippen LogP contribution in [0.25, 0.3) is 0 Å². The fraction of sp³-hybridized carbons (Fsp3) is 0.667. The third-order valence-electron chi connectivity index (χ3n) is 2.98. The van der Waals surface area contributed by atoms with Gasteiger partial charge in [0.2, 0.25) is 0 Å². The second kappa shape index (κ2) is 5.31. The molecular weight excluding hydrogens is 218 g/mol. The fourth-order valence-electron chi connectivity index (χ4n) is 1.89. The summed E-state index contributed by atoms with van der Waals surface area (Å²) in [6, 6.07) is 1.96. The van der Waals surface area contributed by atoms with Crippen LogP contribution in [0.4, 0.5) is 0 Å². The molecule has 0 amide bonds. The van der Waals surface area contributed by atoms with Gasteiger partial charge in [-0.3, -0.25) is 14.8 Å². The van der Waals surface area contributed by atoms with E-state index in [-0.39, 0.29) is 0 Å². The molecule has 0 saturated heterocycles. The lowest BCUT2D eigenvalue weighted by Crippen LogP contribution is -2.49. The Hall–Kier alpha value is -1.36. The van der Waals surface area contributed by atoms with Gasteiger partial charge in [0.1, 0.15) is 5.54 Å². The predicted octanol–water partition coefficient (Wildman–Crippen LogP) is 1.46. The Labute approximate surface area is 102 Å². The van der Waals surface area contributed by atoms with Crippen LogP contribution in [0.1, 0.15) is 38.1 Å². The summed E-state index contributed by atoms with van der Waals surface area (Å²) < 4.78 is 1.77. The molecule has 1 aromatic rings. The van der Waals surface area contributed by atoms with Crippen molar-refractivity contribution in [2.24, 2.45) is 7.05 Å². The highest BCUT2D eigenvalue weighted by Crippen LogP contribution is 2.14. The molecular formula is C12H21N3O2. The van der Waals surface area contributed by atoms with Gasteiger partial charge in [-0.05, 0) is 26.3 Å². The van der Waals surface area contributed by atoms with Gasteiger partial charge in [0.15, 0.2) is 0 Å². The minimum Gasteiger partial charge on any atom is -0.480 e. The first-order valence-corrected chi connectivity index (χ1v) is 5.87. The highest BCUT2D eigenvalue weighted by Gasteiger charge is 2.31. The lowest BCUT2D eigenvalue weighted by atomic mass is 9.96. The Morgan fingerprint density at radius 1 is 1.65 bits per heavy atom. The molecule has 0 bridgehead atoms. The number of carboxylic acid groups (broad SMARTS) is 1. The number of rotatable bonds is 6. The lowest BCUT2D eigenvalue weighted by molar-refractivity contribution is -0.144. The van der Waals surface area contributed by atoms with Crippen LogP contribution in [0, 0.1) is 6.92 Å². The molecule has 1 atom stereocenters. The molecule has 17 heavy (non-hydrogen) atoms. The van der Waals surface area contributed by atoms with E-state index in [2.05, 4.69) is 10.4 Å². The molecule has 0 aliphatic heterocycles. The van der Waals surface area contributed by atoms with Gasteiger partial charge in [-0.1, -0.05) is 13.3 Å². The molecule has 0 saturated carbocycles. The van der Waals surface area contributed by atoms with E-state index >= 15 is 0 Å². The third-order valence-corrected chi connectivity index (χ3v) is 2.98. The van der Waals surface area contributed by atoms with Gasteiger partial charge in [0.25, 0.3) is 0 Å². The zero-order valence-electron chi connectivity index (χ0n) is 10.9. The maximum absolute atomic E-state index is 11.2. The molecule has 0 fully saturated rings. The summed E-state index contributed by atoms with van der Waals surface area (Å²) >= 11 is 0. The minimum absolute atomic E-state index is 0.514. The standard InChI is InChI=1S/C12H21N3O2/c1-5-6-12(3,11(16)17)13-8-10-7-9(2)14-15(10)4/h7,13H,5-6,8H2,1-4H3,(H,16,17). The second-order valence-corrected chi connectivity index (χ2v) is 4.64. The van der Waals surface area contributed by atoms with Gasteiger partial charge in [-0.25, -0.2) is 0 Å². The van der Waals surface area contributed by atoms with Crippen LogP contribution in [0.3, 0.4) is 0 Å². The zero-order chi connectivity index (χ0) is 13.1. The number of carboxylic acids is 1. The van der Waals surface area contributed by atoms with Gasteiger partial charge < -0.3 is 5.11 Å². The Bertz CT molecular complexity index is 400. The molecule has 0 radical (unpaired) electrons. The number of hydrogen-bond acceptors (Lipinski definition) is 3. The van der Waals surface area contributed by atoms with Gasteiger partial charge in [0, 0.05) is 13.6 Å². The van der Waals surface area contributed by atoms with Crippen molar-refractivity contribution in [1.82, 2.24) is 15.1 Å². The second-order valence-electron chi connectivity index (χ2n) is 4.64. The topological polar surface area (TPSA) is 67.2 Å². The fourth-order valence-corrected chi connectivity index (χ4v) is 1.89. The SMILES string of the molecule is CCCC(C)(NCc1cc(C)nn1C)C(=O)O. The maximum atomic E-state index is 11.2. The van der Waals surface area contributed by atoms with Crippen LogP contribution in [0.2, 0.25) is 0 Å². The first-order valence-electron chi connectivity index (χ1n) is 5.87. The molecule has 0 aliphatic rings. The van der Waals surface area contributed by atoms with Crippen molar-refractivity contribution in [2.45, 2.75) is 45.7 Å². The van der Waals surface area contributed by atoms with Gasteiger partial charge in [0.05, 0.1) is 11.4 Å². The average molecular weight is 239 g/mol. The van der Waals surface area contributed by atoms with E-state index in [0.29, 0.717) is 13.0 Å². The Kier molecular flexibility index (Phi) is 4.28. The predicted molar refractivity (Wildman–Crippen MR) is 65.7 cm³/mol. The van der Waals surface area contributed by atoms with Crippen molar-refractivity contribution < 1.29 is 9.90 Å². The summed E-state index contributed by atoms with van der Waals surface area (Å²) in [5.74, 6) is -0.807. The normalized spacial score (nSPS) is 14.6. The van der Waals surface area contributed by atoms with Crippen molar-refractivity contribution in [1.29, 1.82) is 0 Å². The Morgan fingerprint density at radius 2 is 2.29 bits per heavy atom. The number of aliphatic carboxylic acids is 1. The number of aromatic nitrogens is 2. The third kappa shape index (κ3) is 3.30. The van der Waals surface area contributed by atoms with Crippen LogP contribution in [0.15, 0.2) is 6.07 Å². The van der Waals surface area contributed by atoms with Gasteiger partial charge in [-0.2, -0.15) is 5.10 Å². The van der Waals surface area contributed by atoms with Crippen LogP contribution in [-0.2, 0) is 18.4 Å². The molecule has 96 valence electrons. The smallest absolute Gasteiger partial charge is 0.323 e. The Balaban J connectivity index is 2.70. The molecule has 0 aromatic carbocycles. The summed E-state index contributed by atoms with van der Waals surface area (Å²) in [4.78, 5) is 11.2. The summed E-state index contributed by atoms with van der Waals surface area (Å²) in [7, 11) is 1.86. The maximum Gasteiger partial charge on any atom is 0.323 e. The molecule has 5 heteroatoms. The molecule has 0 spiro atoms. The van der Waals surface area contributed by atoms with E-state index in [9.17, 15) is 9.90 Å². The van der Waals surface area contributed by atoms with Gasteiger partial charge >= 0.3 is 5.97 Å². The summed E-state index contributed by atoms with van der Waals surface area (Å²) in [5, 5.41) is 16.6. The quantitative estimate of drug-likeness (QED) is 0.788.